The van der Waals surface area contributed by atoms with E-state index in [2.05, 4.69) is 4.98 Å². The molecule has 0 fully saturated rings. The van der Waals surface area contributed by atoms with Gasteiger partial charge in [0.2, 0.25) is 0 Å². The van der Waals surface area contributed by atoms with Crippen LogP contribution in [0.1, 0.15) is 22.9 Å². The quantitative estimate of drug-likeness (QED) is 0.889. The van der Waals surface area contributed by atoms with E-state index in [1.165, 1.54) is 18.3 Å². The molecule has 1 unspecified atom stereocenters. The lowest BCUT2D eigenvalue weighted by Crippen LogP contribution is -2.03. The van der Waals surface area contributed by atoms with E-state index in [0.29, 0.717) is 16.3 Å². The Morgan fingerprint density at radius 2 is 2.06 bits per heavy atom. The topological polar surface area (TPSA) is 33.1 Å². The second-order valence-corrected chi connectivity index (χ2v) is 4.30. The number of nitrogens with zero attached hydrogens (tertiary/aromatic N) is 1. The van der Waals surface area contributed by atoms with Gasteiger partial charge in [0.1, 0.15) is 11.9 Å². The molecular weight excluding hydrogens is 241 g/mol. The van der Waals surface area contributed by atoms with Crippen LogP contribution in [0.5, 0.6) is 0 Å². The van der Waals surface area contributed by atoms with Crippen LogP contribution >= 0.6 is 11.6 Å². The van der Waals surface area contributed by atoms with E-state index < -0.39 is 6.10 Å². The van der Waals surface area contributed by atoms with Crippen LogP contribution in [0.2, 0.25) is 5.02 Å². The molecule has 1 heterocycles. The number of hydrogen-bond donors (Lipinski definition) is 1. The Balaban J connectivity index is 2.36. The Morgan fingerprint density at radius 3 is 2.65 bits per heavy atom. The predicted octanol–water partition coefficient (Wildman–Crippen LogP) is 3.26. The number of halogens is 2. The number of aromatic nitrogens is 1. The molecular formula is C13H11ClFNO. The molecule has 0 spiro atoms. The molecule has 4 heteroatoms. The van der Waals surface area contributed by atoms with Crippen molar-refractivity contribution in [1.82, 2.24) is 4.98 Å². The summed E-state index contributed by atoms with van der Waals surface area (Å²) < 4.78 is 13.2. The molecule has 0 aliphatic carbocycles. The van der Waals surface area contributed by atoms with Crippen LogP contribution in [0.15, 0.2) is 36.5 Å². The number of aliphatic hydroxyl groups excluding tert-OH is 1. The molecule has 1 atom stereocenters. The highest BCUT2D eigenvalue weighted by Gasteiger charge is 2.13. The van der Waals surface area contributed by atoms with Crippen LogP contribution in [-0.4, -0.2) is 10.1 Å². The summed E-state index contributed by atoms with van der Waals surface area (Å²) in [6.07, 6.45) is 0.508. The lowest BCUT2D eigenvalue weighted by atomic mass is 10.0. The Labute approximate surface area is 104 Å². The number of aliphatic hydroxyl groups is 1. The standard InChI is InChI=1S/C13H11ClFNO/c1-8-4-9(6-11(15)5-8)13(17)12-3-2-10(14)7-16-12/h2-7,13,17H,1H3. The largest absolute Gasteiger partial charge is 0.382 e. The monoisotopic (exact) mass is 251 g/mol. The van der Waals surface area contributed by atoms with Crippen molar-refractivity contribution < 1.29 is 9.50 Å². The maximum absolute atomic E-state index is 13.2. The molecule has 1 N–H and O–H groups in total. The maximum atomic E-state index is 13.2. The van der Waals surface area contributed by atoms with Crippen molar-refractivity contribution in [3.63, 3.8) is 0 Å². The van der Waals surface area contributed by atoms with Gasteiger partial charge in [-0.15, -0.1) is 0 Å². The van der Waals surface area contributed by atoms with Crippen molar-refractivity contribution in [3.8, 4) is 0 Å². The third-order valence-electron chi connectivity index (χ3n) is 2.41. The zero-order chi connectivity index (χ0) is 12.4. The van der Waals surface area contributed by atoms with Gasteiger partial charge in [0.15, 0.2) is 0 Å². The summed E-state index contributed by atoms with van der Waals surface area (Å²) in [4.78, 5) is 4.01. The highest BCUT2D eigenvalue weighted by molar-refractivity contribution is 6.30. The minimum atomic E-state index is -0.943. The number of pyridine rings is 1. The number of benzene rings is 1. The van der Waals surface area contributed by atoms with E-state index in [-0.39, 0.29) is 5.82 Å². The van der Waals surface area contributed by atoms with E-state index in [1.807, 2.05) is 0 Å². The summed E-state index contributed by atoms with van der Waals surface area (Å²) in [7, 11) is 0. The first kappa shape index (κ1) is 12.0. The van der Waals surface area contributed by atoms with E-state index in [9.17, 15) is 9.50 Å². The zero-order valence-electron chi connectivity index (χ0n) is 9.19. The molecule has 0 aliphatic heterocycles. The molecule has 0 bridgehead atoms. The minimum Gasteiger partial charge on any atom is -0.382 e. The van der Waals surface area contributed by atoms with Crippen molar-refractivity contribution in [1.29, 1.82) is 0 Å². The van der Waals surface area contributed by atoms with Crippen LogP contribution in [0.3, 0.4) is 0 Å². The van der Waals surface area contributed by atoms with Gasteiger partial charge in [-0.05, 0) is 42.3 Å². The lowest BCUT2D eigenvalue weighted by molar-refractivity contribution is 0.215. The van der Waals surface area contributed by atoms with Gasteiger partial charge in [-0.1, -0.05) is 17.7 Å². The summed E-state index contributed by atoms with van der Waals surface area (Å²) in [5.41, 5.74) is 1.68. The SMILES string of the molecule is Cc1cc(F)cc(C(O)c2ccc(Cl)cn2)c1. The third-order valence-corrected chi connectivity index (χ3v) is 2.63. The van der Waals surface area contributed by atoms with Gasteiger partial charge in [0.05, 0.1) is 10.7 Å². The summed E-state index contributed by atoms with van der Waals surface area (Å²) in [6, 6.07) is 7.69. The summed E-state index contributed by atoms with van der Waals surface area (Å²) >= 11 is 5.71. The number of hydrogen-bond acceptors (Lipinski definition) is 2. The van der Waals surface area contributed by atoms with Gasteiger partial charge < -0.3 is 5.11 Å². The van der Waals surface area contributed by atoms with Crippen molar-refractivity contribution in [2.24, 2.45) is 0 Å². The van der Waals surface area contributed by atoms with Gasteiger partial charge in [0, 0.05) is 6.20 Å². The predicted molar refractivity (Wildman–Crippen MR) is 64.4 cm³/mol. The number of rotatable bonds is 2. The van der Waals surface area contributed by atoms with Crippen LogP contribution in [0, 0.1) is 12.7 Å². The molecule has 0 aliphatic rings. The fourth-order valence-corrected chi connectivity index (χ4v) is 1.75. The molecule has 0 saturated carbocycles. The fraction of sp³-hybridized carbons (Fsp3) is 0.154. The van der Waals surface area contributed by atoms with Gasteiger partial charge in [-0.2, -0.15) is 0 Å². The van der Waals surface area contributed by atoms with Crippen molar-refractivity contribution >= 4 is 11.6 Å². The molecule has 0 radical (unpaired) electrons. The zero-order valence-corrected chi connectivity index (χ0v) is 9.95. The third kappa shape index (κ3) is 2.81. The minimum absolute atomic E-state index is 0.368. The summed E-state index contributed by atoms with van der Waals surface area (Å²) in [5.74, 6) is -0.368. The Morgan fingerprint density at radius 1 is 1.29 bits per heavy atom. The number of aryl methyl sites for hydroxylation is 1. The first-order valence-electron chi connectivity index (χ1n) is 5.13. The molecule has 17 heavy (non-hydrogen) atoms. The Kier molecular flexibility index (Phi) is 3.41. The fourth-order valence-electron chi connectivity index (χ4n) is 1.64. The highest BCUT2D eigenvalue weighted by Crippen LogP contribution is 2.22. The van der Waals surface area contributed by atoms with E-state index in [1.54, 1.807) is 25.1 Å². The Hall–Kier alpha value is -1.45. The molecule has 2 nitrogen and oxygen atoms in total. The van der Waals surface area contributed by atoms with E-state index >= 15 is 0 Å². The summed E-state index contributed by atoms with van der Waals surface area (Å²) in [6.45, 7) is 1.77. The van der Waals surface area contributed by atoms with Crippen molar-refractivity contribution in [3.05, 3.63) is 64.2 Å². The average Bonchev–Trinajstić information content (AvgIpc) is 2.28. The smallest absolute Gasteiger partial charge is 0.123 e. The van der Waals surface area contributed by atoms with Crippen LogP contribution in [0.4, 0.5) is 4.39 Å². The first-order chi connectivity index (χ1) is 8.06. The van der Waals surface area contributed by atoms with Gasteiger partial charge in [-0.3, -0.25) is 4.98 Å². The molecule has 0 amide bonds. The van der Waals surface area contributed by atoms with Gasteiger partial charge in [-0.25, -0.2) is 4.39 Å². The second kappa shape index (κ2) is 4.82. The highest BCUT2D eigenvalue weighted by atomic mass is 35.5. The normalized spacial score (nSPS) is 12.5. The first-order valence-corrected chi connectivity index (χ1v) is 5.50. The Bertz CT molecular complexity index is 507. The molecule has 1 aromatic carbocycles. The van der Waals surface area contributed by atoms with Crippen molar-refractivity contribution in [2.75, 3.05) is 0 Å². The van der Waals surface area contributed by atoms with Gasteiger partial charge >= 0.3 is 0 Å². The molecule has 2 aromatic rings. The van der Waals surface area contributed by atoms with Crippen LogP contribution < -0.4 is 0 Å². The average molecular weight is 252 g/mol. The van der Waals surface area contributed by atoms with E-state index in [4.69, 9.17) is 11.6 Å². The van der Waals surface area contributed by atoms with Gasteiger partial charge in [0.25, 0.3) is 0 Å². The van der Waals surface area contributed by atoms with E-state index in [0.717, 1.165) is 5.56 Å². The van der Waals surface area contributed by atoms with Crippen LogP contribution in [-0.2, 0) is 0 Å². The summed E-state index contributed by atoms with van der Waals surface area (Å²) in [5, 5.41) is 10.6. The van der Waals surface area contributed by atoms with Crippen molar-refractivity contribution in [2.45, 2.75) is 13.0 Å². The maximum Gasteiger partial charge on any atom is 0.123 e. The molecule has 88 valence electrons. The lowest BCUT2D eigenvalue weighted by Gasteiger charge is -2.11. The van der Waals surface area contributed by atoms with Crippen LogP contribution in [0.25, 0.3) is 0 Å². The second-order valence-electron chi connectivity index (χ2n) is 3.87. The molecule has 1 aromatic heterocycles. The molecule has 2 rings (SSSR count). The molecule has 0 saturated heterocycles.